The molecule has 23 heavy (non-hydrogen) atoms. The summed E-state index contributed by atoms with van der Waals surface area (Å²) in [5.74, 6) is -0.796. The molecule has 0 fully saturated rings. The minimum Gasteiger partial charge on any atom is -0.376 e. The van der Waals surface area contributed by atoms with Crippen LogP contribution < -0.4 is 16.2 Å². The van der Waals surface area contributed by atoms with Crippen molar-refractivity contribution in [2.24, 2.45) is 0 Å². The Morgan fingerprint density at radius 1 is 1.04 bits per heavy atom. The lowest BCUT2D eigenvalue weighted by Gasteiger charge is -2.14. The van der Waals surface area contributed by atoms with E-state index in [1.54, 1.807) is 18.2 Å². The van der Waals surface area contributed by atoms with E-state index in [4.69, 9.17) is 0 Å². The summed E-state index contributed by atoms with van der Waals surface area (Å²) in [6.07, 6.45) is 1.52. The average Bonchev–Trinajstić information content (AvgIpc) is 2.52. The quantitative estimate of drug-likeness (QED) is 0.753. The van der Waals surface area contributed by atoms with Crippen LogP contribution in [-0.4, -0.2) is 23.3 Å². The van der Waals surface area contributed by atoms with E-state index in [1.165, 1.54) is 11.8 Å². The molecule has 1 aromatic heterocycles. The largest absolute Gasteiger partial charge is 0.376 e. The maximum Gasteiger partial charge on any atom is 0.288 e. The third-order valence-corrected chi connectivity index (χ3v) is 3.32. The van der Waals surface area contributed by atoms with Gasteiger partial charge in [0.2, 0.25) is 0 Å². The van der Waals surface area contributed by atoms with Crippen LogP contribution in [-0.2, 0) is 4.79 Å². The van der Waals surface area contributed by atoms with Crippen LogP contribution in [0.4, 0.5) is 5.69 Å². The van der Waals surface area contributed by atoms with Gasteiger partial charge in [-0.25, -0.2) is 0 Å². The highest BCUT2D eigenvalue weighted by atomic mass is 16.2. The lowest BCUT2D eigenvalue weighted by atomic mass is 10.1. The number of anilines is 1. The summed E-state index contributed by atoms with van der Waals surface area (Å²) in [6.45, 7) is 6.07. The van der Waals surface area contributed by atoms with Crippen LogP contribution in [0.2, 0.25) is 0 Å². The van der Waals surface area contributed by atoms with Crippen molar-refractivity contribution in [1.29, 1.82) is 0 Å². The molecule has 0 spiro atoms. The van der Waals surface area contributed by atoms with Gasteiger partial charge in [-0.3, -0.25) is 25.4 Å². The number of nitrogens with one attached hydrogen (secondary N) is 3. The number of pyridine rings is 1. The average molecular weight is 312 g/mol. The van der Waals surface area contributed by atoms with Crippen molar-refractivity contribution in [1.82, 2.24) is 15.8 Å². The molecular formula is C17H20N4O2. The molecule has 1 heterocycles. The number of aromatic nitrogens is 1. The second kappa shape index (κ2) is 7.40. The predicted octanol–water partition coefficient (Wildman–Crippen LogP) is 1.88. The molecule has 0 atom stereocenters. The molecule has 6 heteroatoms. The Balaban J connectivity index is 1.85. The molecule has 0 radical (unpaired) electrons. The SMILES string of the molecule is Cc1cc(C)c(NCC(=O)NNC(=O)c2ccccn2)c(C)c1. The first-order valence-electron chi connectivity index (χ1n) is 7.29. The third-order valence-electron chi connectivity index (χ3n) is 3.32. The number of hydrazine groups is 1. The maximum absolute atomic E-state index is 11.8. The fourth-order valence-electron chi connectivity index (χ4n) is 2.36. The van der Waals surface area contributed by atoms with Crippen molar-refractivity contribution in [3.63, 3.8) is 0 Å². The first-order valence-corrected chi connectivity index (χ1v) is 7.29. The molecule has 2 aromatic rings. The molecule has 0 aliphatic carbocycles. The summed E-state index contributed by atoms with van der Waals surface area (Å²) in [5.41, 5.74) is 9.20. The van der Waals surface area contributed by atoms with Gasteiger partial charge in [-0.1, -0.05) is 23.8 Å². The van der Waals surface area contributed by atoms with Crippen LogP contribution in [0.5, 0.6) is 0 Å². The molecule has 1 aromatic carbocycles. The zero-order valence-electron chi connectivity index (χ0n) is 13.4. The van der Waals surface area contributed by atoms with Crippen LogP contribution in [0.3, 0.4) is 0 Å². The fraction of sp³-hybridized carbons (Fsp3) is 0.235. The summed E-state index contributed by atoms with van der Waals surface area (Å²) < 4.78 is 0. The number of hydrogen-bond donors (Lipinski definition) is 3. The van der Waals surface area contributed by atoms with E-state index in [-0.39, 0.29) is 18.1 Å². The molecule has 2 rings (SSSR count). The molecule has 0 bridgehead atoms. The predicted molar refractivity (Wildman–Crippen MR) is 89.0 cm³/mol. The van der Waals surface area contributed by atoms with Crippen LogP contribution in [0.1, 0.15) is 27.2 Å². The van der Waals surface area contributed by atoms with Gasteiger partial charge >= 0.3 is 0 Å². The minimum atomic E-state index is -0.457. The number of aryl methyl sites for hydroxylation is 3. The van der Waals surface area contributed by atoms with Gasteiger partial charge in [0.25, 0.3) is 11.8 Å². The minimum absolute atomic E-state index is 0.0627. The second-order valence-electron chi connectivity index (χ2n) is 5.34. The van der Waals surface area contributed by atoms with Gasteiger partial charge in [0, 0.05) is 11.9 Å². The van der Waals surface area contributed by atoms with Crippen molar-refractivity contribution < 1.29 is 9.59 Å². The highest BCUT2D eigenvalue weighted by molar-refractivity contribution is 5.94. The van der Waals surface area contributed by atoms with Crippen LogP contribution in [0, 0.1) is 20.8 Å². The summed E-state index contributed by atoms with van der Waals surface area (Å²) in [6, 6.07) is 9.09. The monoisotopic (exact) mass is 312 g/mol. The molecule has 6 nitrogen and oxygen atoms in total. The number of hydrogen-bond acceptors (Lipinski definition) is 4. The number of nitrogens with zero attached hydrogens (tertiary/aromatic N) is 1. The third kappa shape index (κ3) is 4.54. The van der Waals surface area contributed by atoms with Gasteiger partial charge in [-0.05, 0) is 44.0 Å². The van der Waals surface area contributed by atoms with Crippen molar-refractivity contribution in [2.45, 2.75) is 20.8 Å². The van der Waals surface area contributed by atoms with E-state index in [9.17, 15) is 9.59 Å². The molecule has 0 aliphatic heterocycles. The number of rotatable bonds is 4. The standard InChI is InChI=1S/C17H20N4O2/c1-11-8-12(2)16(13(3)9-11)19-10-15(22)20-21-17(23)14-6-4-5-7-18-14/h4-9,19H,10H2,1-3H3,(H,20,22)(H,21,23). The fourth-order valence-corrected chi connectivity index (χ4v) is 2.36. The number of benzene rings is 1. The van der Waals surface area contributed by atoms with Gasteiger partial charge in [0.1, 0.15) is 5.69 Å². The second-order valence-corrected chi connectivity index (χ2v) is 5.34. The Kier molecular flexibility index (Phi) is 5.30. The molecule has 2 amide bonds. The summed E-state index contributed by atoms with van der Waals surface area (Å²) >= 11 is 0. The van der Waals surface area contributed by atoms with E-state index >= 15 is 0 Å². The first-order chi connectivity index (χ1) is 11.0. The highest BCUT2D eigenvalue weighted by Crippen LogP contribution is 2.21. The van der Waals surface area contributed by atoms with Gasteiger partial charge in [-0.2, -0.15) is 0 Å². The van der Waals surface area contributed by atoms with Crippen molar-refractivity contribution in [2.75, 3.05) is 11.9 Å². The molecule has 0 unspecified atom stereocenters. The summed E-state index contributed by atoms with van der Waals surface area (Å²) in [5, 5.41) is 3.09. The smallest absolute Gasteiger partial charge is 0.288 e. The van der Waals surface area contributed by atoms with Gasteiger partial charge < -0.3 is 5.32 Å². The van der Waals surface area contributed by atoms with E-state index in [0.29, 0.717) is 0 Å². The van der Waals surface area contributed by atoms with Gasteiger partial charge in [0.15, 0.2) is 0 Å². The first kappa shape index (κ1) is 16.5. The molecular weight excluding hydrogens is 292 g/mol. The lowest BCUT2D eigenvalue weighted by molar-refractivity contribution is -0.120. The lowest BCUT2D eigenvalue weighted by Crippen LogP contribution is -2.44. The van der Waals surface area contributed by atoms with E-state index < -0.39 is 5.91 Å². The molecule has 0 aliphatic rings. The maximum atomic E-state index is 11.8. The highest BCUT2D eigenvalue weighted by Gasteiger charge is 2.09. The van der Waals surface area contributed by atoms with E-state index in [1.807, 2.05) is 20.8 Å². The van der Waals surface area contributed by atoms with Crippen molar-refractivity contribution in [3.8, 4) is 0 Å². The zero-order chi connectivity index (χ0) is 16.8. The number of carbonyl (C=O) groups is 2. The van der Waals surface area contributed by atoms with Crippen LogP contribution >= 0.6 is 0 Å². The van der Waals surface area contributed by atoms with Gasteiger partial charge in [0.05, 0.1) is 6.54 Å². The normalized spacial score (nSPS) is 10.0. The molecule has 0 saturated heterocycles. The Hall–Kier alpha value is -2.89. The summed E-state index contributed by atoms with van der Waals surface area (Å²) in [7, 11) is 0. The van der Waals surface area contributed by atoms with Crippen molar-refractivity contribution in [3.05, 3.63) is 58.9 Å². The zero-order valence-corrected chi connectivity index (χ0v) is 13.4. The topological polar surface area (TPSA) is 83.1 Å². The van der Waals surface area contributed by atoms with Gasteiger partial charge in [-0.15, -0.1) is 0 Å². The molecule has 120 valence electrons. The number of carbonyl (C=O) groups excluding carboxylic acids is 2. The Morgan fingerprint density at radius 2 is 1.74 bits per heavy atom. The Labute approximate surface area is 135 Å². The molecule has 3 N–H and O–H groups in total. The summed E-state index contributed by atoms with van der Waals surface area (Å²) in [4.78, 5) is 27.5. The van der Waals surface area contributed by atoms with E-state index in [2.05, 4.69) is 33.3 Å². The van der Waals surface area contributed by atoms with Crippen molar-refractivity contribution >= 4 is 17.5 Å². The number of amides is 2. The van der Waals surface area contributed by atoms with E-state index in [0.717, 1.165) is 16.8 Å². The Bertz CT molecular complexity index is 691. The van der Waals surface area contributed by atoms with Crippen LogP contribution in [0.25, 0.3) is 0 Å². The van der Waals surface area contributed by atoms with Crippen LogP contribution in [0.15, 0.2) is 36.5 Å². The Morgan fingerprint density at radius 3 is 2.35 bits per heavy atom. The molecule has 0 saturated carbocycles.